The maximum Gasteiger partial charge on any atom is 0.116 e. The molecule has 0 saturated heterocycles. The maximum atomic E-state index is 8.84. The first-order valence-corrected chi connectivity index (χ1v) is 2.62. The van der Waals surface area contributed by atoms with Gasteiger partial charge in [0.15, 0.2) is 0 Å². The van der Waals surface area contributed by atoms with Crippen molar-refractivity contribution in [3.63, 3.8) is 0 Å². The second kappa shape index (κ2) is 2.31. The zero-order valence-electron chi connectivity index (χ0n) is 4.83. The molecule has 46 valence electrons. The number of benzene rings is 1. The van der Waals surface area contributed by atoms with Gasteiger partial charge in [0.1, 0.15) is 5.75 Å². The molecule has 0 unspecified atom stereocenters. The van der Waals surface area contributed by atoms with E-state index in [9.17, 15) is 0 Å². The Bertz CT molecular complexity index is 220. The van der Waals surface area contributed by atoms with E-state index < -0.39 is 0 Å². The number of phenolic OH excluding ortho intramolecular Hbond substituents is 1. The van der Waals surface area contributed by atoms with Crippen LogP contribution in [0.25, 0.3) is 0 Å². The van der Waals surface area contributed by atoms with E-state index in [4.69, 9.17) is 10.5 Å². The van der Waals surface area contributed by atoms with Crippen LogP contribution in [-0.4, -0.2) is 11.3 Å². The van der Waals surface area contributed by atoms with Crippen LogP contribution in [0.1, 0.15) is 5.56 Å². The molecule has 0 fully saturated rings. The van der Waals surface area contributed by atoms with Crippen LogP contribution in [0, 0.1) is 5.41 Å². The molecule has 0 saturated carbocycles. The Morgan fingerprint density at radius 1 is 1.44 bits per heavy atom. The van der Waals surface area contributed by atoms with Gasteiger partial charge in [-0.25, -0.2) is 0 Å². The van der Waals surface area contributed by atoms with Gasteiger partial charge in [0, 0.05) is 6.21 Å². The Morgan fingerprint density at radius 3 is 2.67 bits per heavy atom. The first kappa shape index (κ1) is 5.82. The number of hydrogen-bond acceptors (Lipinski definition) is 2. The van der Waals surface area contributed by atoms with Crippen LogP contribution >= 0.6 is 0 Å². The normalized spacial score (nSPS) is 8.89. The van der Waals surface area contributed by atoms with Gasteiger partial charge in [-0.05, 0) is 17.7 Å². The van der Waals surface area contributed by atoms with Gasteiger partial charge in [0.2, 0.25) is 0 Å². The molecule has 0 aliphatic heterocycles. The summed E-state index contributed by atoms with van der Waals surface area (Å²) < 4.78 is 0. The van der Waals surface area contributed by atoms with Crippen molar-refractivity contribution in [3.05, 3.63) is 29.8 Å². The fourth-order valence-electron chi connectivity index (χ4n) is 0.615. The quantitative estimate of drug-likeness (QED) is 0.542. The van der Waals surface area contributed by atoms with E-state index in [1.54, 1.807) is 18.2 Å². The van der Waals surface area contributed by atoms with E-state index in [1.807, 2.05) is 0 Å². The lowest BCUT2D eigenvalue weighted by Crippen LogP contribution is -1.75. The van der Waals surface area contributed by atoms with E-state index in [0.29, 0.717) is 0 Å². The molecule has 9 heavy (non-hydrogen) atoms. The smallest absolute Gasteiger partial charge is 0.116 e. The first-order chi connectivity index (χ1) is 4.33. The van der Waals surface area contributed by atoms with Gasteiger partial charge >= 0.3 is 0 Å². The van der Waals surface area contributed by atoms with Crippen molar-refractivity contribution in [2.75, 3.05) is 0 Å². The molecule has 0 amide bonds. The molecule has 0 aliphatic rings. The van der Waals surface area contributed by atoms with Gasteiger partial charge in [-0.3, -0.25) is 0 Å². The van der Waals surface area contributed by atoms with E-state index >= 15 is 0 Å². The van der Waals surface area contributed by atoms with Crippen LogP contribution in [0.5, 0.6) is 5.75 Å². The number of rotatable bonds is 1. The van der Waals surface area contributed by atoms with Crippen molar-refractivity contribution in [3.8, 4) is 5.75 Å². The lowest BCUT2D eigenvalue weighted by Gasteiger charge is -1.90. The lowest BCUT2D eigenvalue weighted by molar-refractivity contribution is 0.475. The highest BCUT2D eigenvalue weighted by Gasteiger charge is 1.86. The zero-order valence-corrected chi connectivity index (χ0v) is 4.83. The standard InChI is InChI=1S/C7H7NO/c8-5-6-2-1-3-7(9)4-6/h1-5,8-9H. The molecule has 1 aromatic carbocycles. The summed E-state index contributed by atoms with van der Waals surface area (Å²) in [6, 6.07) is 6.57. The average molecular weight is 121 g/mol. The Labute approximate surface area is 53.3 Å². The molecule has 2 N–H and O–H groups in total. The molecule has 0 aromatic heterocycles. The van der Waals surface area contributed by atoms with E-state index in [1.165, 1.54) is 12.3 Å². The summed E-state index contributed by atoms with van der Waals surface area (Å²) in [5, 5.41) is 15.6. The fraction of sp³-hybridized carbons (Fsp3) is 0. The molecule has 0 bridgehead atoms. The van der Waals surface area contributed by atoms with Crippen molar-refractivity contribution in [1.29, 1.82) is 5.41 Å². The predicted octanol–water partition coefficient (Wildman–Crippen LogP) is 1.39. The van der Waals surface area contributed by atoms with Gasteiger partial charge < -0.3 is 10.5 Å². The Morgan fingerprint density at radius 2 is 2.22 bits per heavy atom. The van der Waals surface area contributed by atoms with Crippen LogP contribution in [0.4, 0.5) is 0 Å². The maximum absolute atomic E-state index is 8.84. The molecule has 2 nitrogen and oxygen atoms in total. The molecule has 1 rings (SSSR count). The van der Waals surface area contributed by atoms with Crippen LogP contribution in [0.3, 0.4) is 0 Å². The van der Waals surface area contributed by atoms with Crippen LogP contribution < -0.4 is 0 Å². The molecular formula is C7H7NO. The third-order valence-corrected chi connectivity index (χ3v) is 1.04. The van der Waals surface area contributed by atoms with Crippen LogP contribution in [0.15, 0.2) is 24.3 Å². The van der Waals surface area contributed by atoms with Crippen molar-refractivity contribution in [1.82, 2.24) is 0 Å². The SMILES string of the molecule is N=Cc1cccc(O)c1. The molecule has 0 heterocycles. The zero-order chi connectivity index (χ0) is 6.69. The van der Waals surface area contributed by atoms with Crippen molar-refractivity contribution in [2.24, 2.45) is 0 Å². The average Bonchev–Trinajstić information content (AvgIpc) is 1.88. The summed E-state index contributed by atoms with van der Waals surface area (Å²) in [7, 11) is 0. The van der Waals surface area contributed by atoms with E-state index in [0.717, 1.165) is 5.56 Å². The number of phenols is 1. The summed E-state index contributed by atoms with van der Waals surface area (Å²) in [4.78, 5) is 0. The molecule has 1 aromatic rings. The third-order valence-electron chi connectivity index (χ3n) is 1.04. The topological polar surface area (TPSA) is 44.1 Å². The van der Waals surface area contributed by atoms with Crippen molar-refractivity contribution < 1.29 is 5.11 Å². The van der Waals surface area contributed by atoms with Crippen molar-refractivity contribution >= 4 is 6.21 Å². The summed E-state index contributed by atoms with van der Waals surface area (Å²) in [5.74, 6) is 0.205. The largest absolute Gasteiger partial charge is 0.508 e. The second-order valence-electron chi connectivity index (χ2n) is 1.74. The number of aromatic hydroxyl groups is 1. The Kier molecular flexibility index (Phi) is 1.49. The minimum Gasteiger partial charge on any atom is -0.508 e. The molecular weight excluding hydrogens is 114 g/mol. The molecule has 0 radical (unpaired) electrons. The second-order valence-corrected chi connectivity index (χ2v) is 1.74. The highest BCUT2D eigenvalue weighted by atomic mass is 16.3. The van der Waals surface area contributed by atoms with Gasteiger partial charge in [-0.2, -0.15) is 0 Å². The Balaban J connectivity index is 3.07. The molecule has 2 heteroatoms. The van der Waals surface area contributed by atoms with Crippen LogP contribution in [0.2, 0.25) is 0 Å². The van der Waals surface area contributed by atoms with E-state index in [-0.39, 0.29) is 5.75 Å². The summed E-state index contributed by atoms with van der Waals surface area (Å²) in [5.41, 5.74) is 0.718. The molecule has 0 aliphatic carbocycles. The first-order valence-electron chi connectivity index (χ1n) is 2.62. The third kappa shape index (κ3) is 1.29. The van der Waals surface area contributed by atoms with Crippen molar-refractivity contribution in [2.45, 2.75) is 0 Å². The fourth-order valence-corrected chi connectivity index (χ4v) is 0.615. The lowest BCUT2D eigenvalue weighted by atomic mass is 10.2. The number of nitrogens with one attached hydrogen (secondary N) is 1. The van der Waals surface area contributed by atoms with Gasteiger partial charge in [0.05, 0.1) is 0 Å². The summed E-state index contributed by atoms with van der Waals surface area (Å²) in [6.07, 6.45) is 1.19. The summed E-state index contributed by atoms with van der Waals surface area (Å²) >= 11 is 0. The van der Waals surface area contributed by atoms with Crippen LogP contribution in [-0.2, 0) is 0 Å². The molecule has 0 atom stereocenters. The van der Waals surface area contributed by atoms with Gasteiger partial charge in [-0.15, -0.1) is 0 Å². The monoisotopic (exact) mass is 121 g/mol. The summed E-state index contributed by atoms with van der Waals surface area (Å²) in [6.45, 7) is 0. The highest BCUT2D eigenvalue weighted by molar-refractivity contribution is 5.77. The van der Waals surface area contributed by atoms with Gasteiger partial charge in [0.25, 0.3) is 0 Å². The molecule has 0 spiro atoms. The predicted molar refractivity (Wildman–Crippen MR) is 36.0 cm³/mol. The number of hydrogen-bond donors (Lipinski definition) is 2. The minimum atomic E-state index is 0.205. The Hall–Kier alpha value is -1.31. The highest BCUT2D eigenvalue weighted by Crippen LogP contribution is 2.07. The van der Waals surface area contributed by atoms with E-state index in [2.05, 4.69) is 0 Å². The van der Waals surface area contributed by atoms with Gasteiger partial charge in [-0.1, -0.05) is 12.1 Å². The minimum absolute atomic E-state index is 0.205.